The Balaban J connectivity index is 2.30. The molecule has 2 heterocycles. The Hall–Kier alpha value is -1.62. The molecule has 0 spiro atoms. The second-order valence-corrected chi connectivity index (χ2v) is 4.34. The SMILES string of the molecule is CCNC(=O)c1ncc(C)cc1N1CCOCC1. The maximum atomic E-state index is 12.0. The molecule has 18 heavy (non-hydrogen) atoms. The average Bonchev–Trinajstić information content (AvgIpc) is 2.40. The Morgan fingerprint density at radius 3 is 2.89 bits per heavy atom. The van der Waals surface area contributed by atoms with Gasteiger partial charge in [-0.1, -0.05) is 0 Å². The first-order valence-corrected chi connectivity index (χ1v) is 6.30. The largest absolute Gasteiger partial charge is 0.378 e. The van der Waals surface area contributed by atoms with Crippen LogP contribution in [0.25, 0.3) is 0 Å². The zero-order valence-electron chi connectivity index (χ0n) is 10.9. The lowest BCUT2D eigenvalue weighted by Gasteiger charge is -2.30. The molecule has 98 valence electrons. The van der Waals surface area contributed by atoms with Gasteiger partial charge in [-0.05, 0) is 25.5 Å². The van der Waals surface area contributed by atoms with Gasteiger partial charge in [0.25, 0.3) is 5.91 Å². The van der Waals surface area contributed by atoms with Gasteiger partial charge in [0.1, 0.15) is 0 Å². The Morgan fingerprint density at radius 1 is 1.50 bits per heavy atom. The molecule has 1 aromatic heterocycles. The van der Waals surface area contributed by atoms with Crippen LogP contribution in [0, 0.1) is 6.92 Å². The monoisotopic (exact) mass is 249 g/mol. The highest BCUT2D eigenvalue weighted by Gasteiger charge is 2.19. The van der Waals surface area contributed by atoms with E-state index in [2.05, 4.69) is 15.2 Å². The van der Waals surface area contributed by atoms with Gasteiger partial charge in [0.05, 0.1) is 18.9 Å². The molecule has 1 aliphatic heterocycles. The van der Waals surface area contributed by atoms with Crippen LogP contribution in [-0.2, 0) is 4.74 Å². The van der Waals surface area contributed by atoms with Crippen molar-refractivity contribution in [3.8, 4) is 0 Å². The van der Waals surface area contributed by atoms with E-state index in [1.54, 1.807) is 6.20 Å². The van der Waals surface area contributed by atoms with Gasteiger partial charge < -0.3 is 15.0 Å². The summed E-state index contributed by atoms with van der Waals surface area (Å²) in [5.74, 6) is -0.112. The predicted octanol–water partition coefficient (Wildman–Crippen LogP) is 0.976. The van der Waals surface area contributed by atoms with Crippen molar-refractivity contribution in [1.29, 1.82) is 0 Å². The second kappa shape index (κ2) is 5.82. The smallest absolute Gasteiger partial charge is 0.272 e. The first kappa shape index (κ1) is 12.8. The summed E-state index contributed by atoms with van der Waals surface area (Å²) in [5, 5.41) is 2.80. The van der Waals surface area contributed by atoms with E-state index in [0.29, 0.717) is 25.5 Å². The van der Waals surface area contributed by atoms with Crippen LogP contribution in [-0.4, -0.2) is 43.7 Å². The van der Waals surface area contributed by atoms with Crippen LogP contribution in [0.1, 0.15) is 23.0 Å². The van der Waals surface area contributed by atoms with Crippen molar-refractivity contribution in [3.05, 3.63) is 23.5 Å². The highest BCUT2D eigenvalue weighted by atomic mass is 16.5. The second-order valence-electron chi connectivity index (χ2n) is 4.34. The fraction of sp³-hybridized carbons (Fsp3) is 0.538. The number of pyridine rings is 1. The molecule has 0 aromatic carbocycles. The van der Waals surface area contributed by atoms with Gasteiger partial charge in [0, 0.05) is 25.8 Å². The summed E-state index contributed by atoms with van der Waals surface area (Å²) in [5.41, 5.74) is 2.47. The number of carbonyl (C=O) groups is 1. The Bertz CT molecular complexity index is 428. The predicted molar refractivity (Wildman–Crippen MR) is 70.0 cm³/mol. The summed E-state index contributed by atoms with van der Waals surface area (Å²) < 4.78 is 5.34. The van der Waals surface area contributed by atoms with E-state index < -0.39 is 0 Å². The van der Waals surface area contributed by atoms with Crippen molar-refractivity contribution in [2.24, 2.45) is 0 Å². The normalized spacial score (nSPS) is 15.6. The molecule has 0 radical (unpaired) electrons. The molecular formula is C13H19N3O2. The van der Waals surface area contributed by atoms with E-state index in [1.807, 2.05) is 19.9 Å². The van der Waals surface area contributed by atoms with Crippen LogP contribution >= 0.6 is 0 Å². The molecule has 0 saturated carbocycles. The zero-order chi connectivity index (χ0) is 13.0. The number of carbonyl (C=O) groups excluding carboxylic acids is 1. The molecule has 5 heteroatoms. The van der Waals surface area contributed by atoms with E-state index in [-0.39, 0.29) is 5.91 Å². The number of aryl methyl sites for hydroxylation is 1. The molecule has 0 atom stereocenters. The van der Waals surface area contributed by atoms with Gasteiger partial charge in [0.2, 0.25) is 0 Å². The van der Waals surface area contributed by atoms with E-state index in [4.69, 9.17) is 4.74 Å². The fourth-order valence-corrected chi connectivity index (χ4v) is 2.02. The average molecular weight is 249 g/mol. The summed E-state index contributed by atoms with van der Waals surface area (Å²) in [6.07, 6.45) is 1.73. The molecule has 1 saturated heterocycles. The van der Waals surface area contributed by atoms with Crippen molar-refractivity contribution in [2.75, 3.05) is 37.7 Å². The fourth-order valence-electron chi connectivity index (χ4n) is 2.02. The summed E-state index contributed by atoms with van der Waals surface area (Å²) in [6.45, 7) is 7.50. The lowest BCUT2D eigenvalue weighted by atomic mass is 10.2. The highest BCUT2D eigenvalue weighted by Crippen LogP contribution is 2.21. The number of anilines is 1. The Labute approximate surface area is 107 Å². The number of rotatable bonds is 3. The van der Waals surface area contributed by atoms with Gasteiger partial charge in [-0.15, -0.1) is 0 Å². The third-order valence-electron chi connectivity index (χ3n) is 2.91. The minimum absolute atomic E-state index is 0.112. The van der Waals surface area contributed by atoms with Crippen LogP contribution in [0.15, 0.2) is 12.3 Å². The lowest BCUT2D eigenvalue weighted by Crippen LogP contribution is -2.38. The third kappa shape index (κ3) is 2.79. The number of ether oxygens (including phenoxy) is 1. The Morgan fingerprint density at radius 2 is 2.22 bits per heavy atom. The van der Waals surface area contributed by atoms with Crippen LogP contribution in [0.5, 0.6) is 0 Å². The lowest BCUT2D eigenvalue weighted by molar-refractivity contribution is 0.0949. The number of hydrogen-bond acceptors (Lipinski definition) is 4. The molecule has 1 fully saturated rings. The van der Waals surface area contributed by atoms with Gasteiger partial charge in [-0.25, -0.2) is 4.98 Å². The molecule has 0 unspecified atom stereocenters. The topological polar surface area (TPSA) is 54.5 Å². The molecule has 1 N–H and O–H groups in total. The minimum Gasteiger partial charge on any atom is -0.378 e. The van der Waals surface area contributed by atoms with Gasteiger partial charge in [-0.3, -0.25) is 4.79 Å². The standard InChI is InChI=1S/C13H19N3O2/c1-3-14-13(17)12-11(8-10(2)9-15-12)16-4-6-18-7-5-16/h8-9H,3-7H2,1-2H3,(H,14,17). The van der Waals surface area contributed by atoms with E-state index in [9.17, 15) is 4.79 Å². The first-order chi connectivity index (χ1) is 8.72. The zero-order valence-corrected chi connectivity index (χ0v) is 10.9. The highest BCUT2D eigenvalue weighted by molar-refractivity contribution is 5.97. The molecule has 1 aliphatic rings. The third-order valence-corrected chi connectivity index (χ3v) is 2.91. The maximum absolute atomic E-state index is 12.0. The van der Waals surface area contributed by atoms with Crippen LogP contribution in [0.3, 0.4) is 0 Å². The molecule has 5 nitrogen and oxygen atoms in total. The van der Waals surface area contributed by atoms with Gasteiger partial charge >= 0.3 is 0 Å². The van der Waals surface area contributed by atoms with E-state index >= 15 is 0 Å². The van der Waals surface area contributed by atoms with Gasteiger partial charge in [0.15, 0.2) is 5.69 Å². The maximum Gasteiger partial charge on any atom is 0.272 e. The van der Waals surface area contributed by atoms with Crippen molar-refractivity contribution in [2.45, 2.75) is 13.8 Å². The minimum atomic E-state index is -0.112. The number of nitrogens with one attached hydrogen (secondary N) is 1. The van der Waals surface area contributed by atoms with E-state index in [1.165, 1.54) is 0 Å². The molecule has 0 bridgehead atoms. The number of morpholine rings is 1. The van der Waals surface area contributed by atoms with Crippen molar-refractivity contribution in [3.63, 3.8) is 0 Å². The van der Waals surface area contributed by atoms with Crippen molar-refractivity contribution >= 4 is 11.6 Å². The first-order valence-electron chi connectivity index (χ1n) is 6.30. The van der Waals surface area contributed by atoms with Crippen molar-refractivity contribution < 1.29 is 9.53 Å². The van der Waals surface area contributed by atoms with Gasteiger partial charge in [-0.2, -0.15) is 0 Å². The van der Waals surface area contributed by atoms with E-state index in [0.717, 1.165) is 24.3 Å². The van der Waals surface area contributed by atoms with Crippen LogP contribution in [0.2, 0.25) is 0 Å². The Kier molecular flexibility index (Phi) is 4.15. The molecule has 2 rings (SSSR count). The number of hydrogen-bond donors (Lipinski definition) is 1. The summed E-state index contributed by atoms with van der Waals surface area (Å²) >= 11 is 0. The molecule has 1 amide bonds. The molecule has 1 aromatic rings. The van der Waals surface area contributed by atoms with Crippen LogP contribution < -0.4 is 10.2 Å². The number of aromatic nitrogens is 1. The number of amides is 1. The summed E-state index contributed by atoms with van der Waals surface area (Å²) in [6, 6.07) is 2.02. The molecular weight excluding hydrogens is 230 g/mol. The number of nitrogens with zero attached hydrogens (tertiary/aromatic N) is 2. The summed E-state index contributed by atoms with van der Waals surface area (Å²) in [4.78, 5) is 18.4. The molecule has 0 aliphatic carbocycles. The van der Waals surface area contributed by atoms with Crippen LogP contribution in [0.4, 0.5) is 5.69 Å². The van der Waals surface area contributed by atoms with Crippen molar-refractivity contribution in [1.82, 2.24) is 10.3 Å². The summed E-state index contributed by atoms with van der Waals surface area (Å²) in [7, 11) is 0. The quantitative estimate of drug-likeness (QED) is 0.867.